The summed E-state index contributed by atoms with van der Waals surface area (Å²) >= 11 is 0. The minimum Gasteiger partial charge on any atom is -0.340 e. The number of aryl methyl sites for hydroxylation is 1. The number of carbonyl (C=O) groups excluding carboxylic acids is 1. The number of nitrogens with zero attached hydrogens (tertiary/aromatic N) is 2. The molecule has 0 radical (unpaired) electrons. The number of Topliss-reactive ketones (excluding diaryl/α,β-unsaturated/α-hetero) is 1. The van der Waals surface area contributed by atoms with Crippen LogP contribution in [0.1, 0.15) is 23.3 Å². The molecule has 0 aromatic carbocycles. The first-order valence-corrected chi connectivity index (χ1v) is 3.68. The van der Waals surface area contributed by atoms with Gasteiger partial charge in [0, 0.05) is 26.1 Å². The maximum Gasteiger partial charge on any atom is 0.183 e. The second kappa shape index (κ2) is 3.72. The number of imidazole rings is 1. The number of terminal acetylenes is 1. The number of ketones is 1. The Kier molecular flexibility index (Phi) is 2.65. The molecule has 0 fully saturated rings. The van der Waals surface area contributed by atoms with Crippen LogP contribution >= 0.6 is 0 Å². The fraction of sp³-hybridized carbons (Fsp3) is 0.333. The van der Waals surface area contributed by atoms with E-state index in [1.807, 2.05) is 7.05 Å². The summed E-state index contributed by atoms with van der Waals surface area (Å²) in [4.78, 5) is 15.2. The summed E-state index contributed by atoms with van der Waals surface area (Å²) in [6.07, 6.45) is 9.19. The maximum atomic E-state index is 11.2. The molecule has 0 saturated carbocycles. The van der Waals surface area contributed by atoms with Crippen molar-refractivity contribution in [2.24, 2.45) is 7.05 Å². The van der Waals surface area contributed by atoms with Crippen LogP contribution in [0.25, 0.3) is 0 Å². The highest BCUT2D eigenvalue weighted by Crippen LogP contribution is 2.01. The van der Waals surface area contributed by atoms with Crippen LogP contribution in [0.2, 0.25) is 0 Å². The topological polar surface area (TPSA) is 34.9 Å². The average Bonchev–Trinajstić information content (AvgIpc) is 2.47. The monoisotopic (exact) mass is 162 g/mol. The number of carbonyl (C=O) groups is 1. The van der Waals surface area contributed by atoms with Crippen molar-refractivity contribution in [1.82, 2.24) is 9.55 Å². The predicted molar refractivity (Wildman–Crippen MR) is 45.6 cm³/mol. The minimum atomic E-state index is 0.00792. The van der Waals surface area contributed by atoms with E-state index in [4.69, 9.17) is 6.42 Å². The maximum absolute atomic E-state index is 11.2. The first-order chi connectivity index (χ1) is 5.74. The van der Waals surface area contributed by atoms with Gasteiger partial charge in [-0.25, -0.2) is 4.98 Å². The Labute approximate surface area is 71.4 Å². The summed E-state index contributed by atoms with van der Waals surface area (Å²) in [5, 5.41) is 0. The second-order valence-corrected chi connectivity index (χ2v) is 2.55. The molecular weight excluding hydrogens is 152 g/mol. The van der Waals surface area contributed by atoms with E-state index in [0.717, 1.165) is 0 Å². The summed E-state index contributed by atoms with van der Waals surface area (Å²) in [6, 6.07) is 0. The number of hydrogen-bond donors (Lipinski definition) is 0. The Balaban J connectivity index is 2.61. The van der Waals surface area contributed by atoms with Crippen LogP contribution in [0.15, 0.2) is 12.5 Å². The molecule has 0 aliphatic carbocycles. The highest BCUT2D eigenvalue weighted by Gasteiger charge is 2.06. The van der Waals surface area contributed by atoms with Gasteiger partial charge in [0.05, 0.1) is 6.33 Å². The number of aromatic nitrogens is 2. The van der Waals surface area contributed by atoms with Crippen molar-refractivity contribution in [2.75, 3.05) is 0 Å². The molecule has 0 aliphatic rings. The van der Waals surface area contributed by atoms with Gasteiger partial charge in [-0.2, -0.15) is 0 Å². The van der Waals surface area contributed by atoms with Crippen LogP contribution in [0.5, 0.6) is 0 Å². The first-order valence-electron chi connectivity index (χ1n) is 3.68. The highest BCUT2D eigenvalue weighted by atomic mass is 16.1. The Hall–Kier alpha value is -1.56. The molecule has 3 nitrogen and oxygen atoms in total. The summed E-state index contributed by atoms with van der Waals surface area (Å²) in [7, 11) is 1.82. The van der Waals surface area contributed by atoms with E-state index in [1.54, 1.807) is 17.1 Å². The quantitative estimate of drug-likeness (QED) is 0.491. The molecule has 0 atom stereocenters. The van der Waals surface area contributed by atoms with Gasteiger partial charge in [-0.05, 0) is 0 Å². The van der Waals surface area contributed by atoms with E-state index in [2.05, 4.69) is 10.9 Å². The van der Waals surface area contributed by atoms with Crippen LogP contribution in [0, 0.1) is 12.3 Å². The van der Waals surface area contributed by atoms with Gasteiger partial charge < -0.3 is 4.57 Å². The van der Waals surface area contributed by atoms with Gasteiger partial charge in [0.2, 0.25) is 0 Å². The molecule has 1 aromatic heterocycles. The van der Waals surface area contributed by atoms with E-state index in [1.165, 1.54) is 0 Å². The van der Waals surface area contributed by atoms with Crippen molar-refractivity contribution in [3.8, 4) is 12.3 Å². The molecule has 3 heteroatoms. The Bertz CT molecular complexity index is 320. The van der Waals surface area contributed by atoms with Gasteiger partial charge in [-0.3, -0.25) is 4.79 Å². The van der Waals surface area contributed by atoms with Crippen LogP contribution in [-0.4, -0.2) is 15.3 Å². The van der Waals surface area contributed by atoms with Gasteiger partial charge in [0.1, 0.15) is 5.69 Å². The predicted octanol–water partition coefficient (Wildman–Crippen LogP) is 1.02. The highest BCUT2D eigenvalue weighted by molar-refractivity contribution is 5.94. The van der Waals surface area contributed by atoms with Gasteiger partial charge in [0.25, 0.3) is 0 Å². The van der Waals surface area contributed by atoms with Crippen LogP contribution in [0.3, 0.4) is 0 Å². The molecule has 0 spiro atoms. The largest absolute Gasteiger partial charge is 0.340 e. The standard InChI is InChI=1S/C9H10N2O/c1-3-4-5-9(12)8-6-11(2)7-10-8/h1,6-7H,4-5H2,2H3. The Morgan fingerprint density at radius 2 is 2.58 bits per heavy atom. The molecule has 1 rings (SSSR count). The van der Waals surface area contributed by atoms with E-state index in [-0.39, 0.29) is 5.78 Å². The SMILES string of the molecule is C#CCCC(=O)c1cn(C)cn1. The summed E-state index contributed by atoms with van der Waals surface area (Å²) in [6.45, 7) is 0. The Morgan fingerprint density at radius 3 is 3.08 bits per heavy atom. The summed E-state index contributed by atoms with van der Waals surface area (Å²) < 4.78 is 1.74. The van der Waals surface area contributed by atoms with Crippen molar-refractivity contribution in [3.05, 3.63) is 18.2 Å². The third-order valence-electron chi connectivity index (χ3n) is 1.49. The normalized spacial score (nSPS) is 9.33. The zero-order chi connectivity index (χ0) is 8.97. The Morgan fingerprint density at radius 1 is 1.83 bits per heavy atom. The van der Waals surface area contributed by atoms with Crippen molar-refractivity contribution in [3.63, 3.8) is 0 Å². The van der Waals surface area contributed by atoms with Gasteiger partial charge >= 0.3 is 0 Å². The number of hydrogen-bond acceptors (Lipinski definition) is 2. The molecule has 0 unspecified atom stereocenters. The lowest BCUT2D eigenvalue weighted by Crippen LogP contribution is -1.98. The van der Waals surface area contributed by atoms with E-state index >= 15 is 0 Å². The van der Waals surface area contributed by atoms with Crippen molar-refractivity contribution in [2.45, 2.75) is 12.8 Å². The smallest absolute Gasteiger partial charge is 0.183 e. The van der Waals surface area contributed by atoms with Crippen molar-refractivity contribution in [1.29, 1.82) is 0 Å². The van der Waals surface area contributed by atoms with E-state index < -0.39 is 0 Å². The third-order valence-corrected chi connectivity index (χ3v) is 1.49. The van der Waals surface area contributed by atoms with E-state index in [0.29, 0.717) is 18.5 Å². The molecule has 1 heterocycles. The fourth-order valence-electron chi connectivity index (χ4n) is 0.871. The summed E-state index contributed by atoms with van der Waals surface area (Å²) in [5.74, 6) is 2.43. The van der Waals surface area contributed by atoms with Gasteiger partial charge in [-0.1, -0.05) is 0 Å². The molecule has 0 aliphatic heterocycles. The zero-order valence-corrected chi connectivity index (χ0v) is 6.95. The lowest BCUT2D eigenvalue weighted by molar-refractivity contribution is 0.0980. The van der Waals surface area contributed by atoms with Crippen molar-refractivity contribution >= 4 is 5.78 Å². The average molecular weight is 162 g/mol. The second-order valence-electron chi connectivity index (χ2n) is 2.55. The third kappa shape index (κ3) is 1.96. The van der Waals surface area contributed by atoms with E-state index in [9.17, 15) is 4.79 Å². The lowest BCUT2D eigenvalue weighted by Gasteiger charge is -1.90. The summed E-state index contributed by atoms with van der Waals surface area (Å²) in [5.41, 5.74) is 0.493. The lowest BCUT2D eigenvalue weighted by atomic mass is 10.2. The van der Waals surface area contributed by atoms with Gasteiger partial charge in [0.15, 0.2) is 5.78 Å². The molecule has 0 saturated heterocycles. The minimum absolute atomic E-state index is 0.00792. The zero-order valence-electron chi connectivity index (χ0n) is 6.95. The van der Waals surface area contributed by atoms with Gasteiger partial charge in [-0.15, -0.1) is 12.3 Å². The molecule has 0 bridgehead atoms. The van der Waals surface area contributed by atoms with Crippen molar-refractivity contribution < 1.29 is 4.79 Å². The molecule has 0 N–H and O–H groups in total. The van der Waals surface area contributed by atoms with Crippen LogP contribution in [-0.2, 0) is 7.05 Å². The van der Waals surface area contributed by atoms with Crippen LogP contribution < -0.4 is 0 Å². The number of rotatable bonds is 3. The fourth-order valence-corrected chi connectivity index (χ4v) is 0.871. The molecular formula is C9H10N2O. The molecule has 1 aromatic rings. The first kappa shape index (κ1) is 8.54. The molecule has 12 heavy (non-hydrogen) atoms. The molecule has 0 amide bonds. The molecule has 62 valence electrons. The van der Waals surface area contributed by atoms with Crippen LogP contribution in [0.4, 0.5) is 0 Å².